The third-order valence-electron chi connectivity index (χ3n) is 3.24. The van der Waals surface area contributed by atoms with E-state index in [1.54, 1.807) is 29.0 Å². The molecule has 4 rings (SSSR count). The molecule has 0 aliphatic rings. The van der Waals surface area contributed by atoms with Crippen molar-refractivity contribution >= 4 is 44.7 Å². The van der Waals surface area contributed by atoms with Crippen LogP contribution in [0.2, 0.25) is 0 Å². The quantitative estimate of drug-likeness (QED) is 0.409. The summed E-state index contributed by atoms with van der Waals surface area (Å²) in [6.45, 7) is 0. The smallest absolute Gasteiger partial charge is 0.262 e. The fourth-order valence-electron chi connectivity index (χ4n) is 2.06. The Morgan fingerprint density at radius 3 is 3.04 bits per heavy atom. The molecule has 0 spiro atoms. The fraction of sp³-hybridized carbons (Fsp3) is 0.143. The van der Waals surface area contributed by atoms with Gasteiger partial charge in [0.1, 0.15) is 4.83 Å². The highest BCUT2D eigenvalue weighted by Gasteiger charge is 2.13. The standard InChI is InChI=1S/C14H10N4O2S3/c1-18-13(19)9-3-5-22-12(9)16-14(18)23-7-10-15-11(17-20-10)8-2-4-21-6-8/h2-6H,7H2,1H3. The maximum Gasteiger partial charge on any atom is 0.262 e. The van der Waals surface area contributed by atoms with E-state index in [1.807, 2.05) is 22.2 Å². The second-order valence-electron chi connectivity index (χ2n) is 4.71. The van der Waals surface area contributed by atoms with E-state index in [1.165, 1.54) is 23.1 Å². The predicted molar refractivity (Wildman–Crippen MR) is 92.0 cm³/mol. The Bertz CT molecular complexity index is 1020. The zero-order chi connectivity index (χ0) is 15.8. The number of thioether (sulfide) groups is 1. The van der Waals surface area contributed by atoms with Gasteiger partial charge in [0.2, 0.25) is 11.7 Å². The molecule has 0 aromatic carbocycles. The van der Waals surface area contributed by atoms with Crippen molar-refractivity contribution in [2.45, 2.75) is 10.9 Å². The molecule has 116 valence electrons. The lowest BCUT2D eigenvalue weighted by Crippen LogP contribution is -2.19. The Labute approximate surface area is 142 Å². The summed E-state index contributed by atoms with van der Waals surface area (Å²) in [6.07, 6.45) is 0. The molecule has 0 unspecified atom stereocenters. The molecule has 0 atom stereocenters. The second kappa shape index (κ2) is 5.91. The maximum absolute atomic E-state index is 12.2. The predicted octanol–water partition coefficient (Wildman–Crippen LogP) is 3.40. The minimum Gasteiger partial charge on any atom is -0.338 e. The van der Waals surface area contributed by atoms with E-state index in [0.717, 1.165) is 10.4 Å². The van der Waals surface area contributed by atoms with Gasteiger partial charge in [0.25, 0.3) is 5.56 Å². The molecule has 6 nitrogen and oxygen atoms in total. The van der Waals surface area contributed by atoms with Gasteiger partial charge in [0.05, 0.1) is 11.1 Å². The van der Waals surface area contributed by atoms with Gasteiger partial charge in [-0.25, -0.2) is 4.98 Å². The molecule has 0 aliphatic heterocycles. The first-order chi connectivity index (χ1) is 11.2. The van der Waals surface area contributed by atoms with Crippen molar-refractivity contribution in [2.75, 3.05) is 0 Å². The molecular formula is C14H10N4O2S3. The summed E-state index contributed by atoms with van der Waals surface area (Å²) < 4.78 is 6.81. The number of nitrogens with zero attached hydrogens (tertiary/aromatic N) is 4. The Morgan fingerprint density at radius 1 is 1.30 bits per heavy atom. The average Bonchev–Trinajstić information content (AvgIpc) is 3.29. The summed E-state index contributed by atoms with van der Waals surface area (Å²) >= 11 is 4.45. The van der Waals surface area contributed by atoms with Crippen LogP contribution >= 0.6 is 34.4 Å². The van der Waals surface area contributed by atoms with Crippen LogP contribution in [0.15, 0.2) is 42.7 Å². The van der Waals surface area contributed by atoms with Gasteiger partial charge in [-0.15, -0.1) is 11.3 Å². The Hall–Kier alpha value is -1.97. The van der Waals surface area contributed by atoms with E-state index in [-0.39, 0.29) is 5.56 Å². The van der Waals surface area contributed by atoms with Gasteiger partial charge in [-0.05, 0) is 22.9 Å². The van der Waals surface area contributed by atoms with Gasteiger partial charge < -0.3 is 4.52 Å². The van der Waals surface area contributed by atoms with Gasteiger partial charge in [-0.2, -0.15) is 16.3 Å². The van der Waals surface area contributed by atoms with Gasteiger partial charge >= 0.3 is 0 Å². The summed E-state index contributed by atoms with van der Waals surface area (Å²) in [5.74, 6) is 1.56. The molecule has 4 aromatic rings. The largest absolute Gasteiger partial charge is 0.338 e. The summed E-state index contributed by atoms with van der Waals surface area (Å²) in [7, 11) is 1.72. The number of hydrogen-bond acceptors (Lipinski definition) is 8. The molecule has 4 aromatic heterocycles. The van der Waals surface area contributed by atoms with Gasteiger partial charge in [0.15, 0.2) is 5.16 Å². The zero-order valence-corrected chi connectivity index (χ0v) is 14.4. The van der Waals surface area contributed by atoms with Crippen LogP contribution in [0.25, 0.3) is 21.6 Å². The normalized spacial score (nSPS) is 11.3. The molecule has 0 amide bonds. The van der Waals surface area contributed by atoms with Crippen LogP contribution in [-0.2, 0) is 12.8 Å². The van der Waals surface area contributed by atoms with Gasteiger partial charge in [-0.1, -0.05) is 16.9 Å². The summed E-state index contributed by atoms with van der Waals surface area (Å²) in [5.41, 5.74) is 0.906. The highest BCUT2D eigenvalue weighted by Crippen LogP contribution is 2.24. The molecule has 0 fully saturated rings. The third-order valence-corrected chi connectivity index (χ3v) is 5.74. The lowest BCUT2D eigenvalue weighted by molar-refractivity contribution is 0.391. The fourth-order valence-corrected chi connectivity index (χ4v) is 4.31. The van der Waals surface area contributed by atoms with Crippen LogP contribution < -0.4 is 5.56 Å². The van der Waals surface area contributed by atoms with Crippen molar-refractivity contribution in [3.8, 4) is 11.4 Å². The van der Waals surface area contributed by atoms with Crippen molar-refractivity contribution < 1.29 is 4.52 Å². The first-order valence-electron chi connectivity index (χ1n) is 6.64. The van der Waals surface area contributed by atoms with Crippen LogP contribution in [0, 0.1) is 0 Å². The molecule has 0 saturated heterocycles. The molecule has 0 aliphatic carbocycles. The Morgan fingerprint density at radius 2 is 2.22 bits per heavy atom. The average molecular weight is 362 g/mol. The topological polar surface area (TPSA) is 73.8 Å². The second-order valence-corrected chi connectivity index (χ2v) is 7.33. The Balaban J connectivity index is 1.57. The number of rotatable bonds is 4. The summed E-state index contributed by atoms with van der Waals surface area (Å²) in [4.78, 5) is 21.9. The monoisotopic (exact) mass is 362 g/mol. The summed E-state index contributed by atoms with van der Waals surface area (Å²) in [5, 5.41) is 11.1. The lowest BCUT2D eigenvalue weighted by atomic mass is 10.3. The van der Waals surface area contributed by atoms with Crippen molar-refractivity contribution in [3.63, 3.8) is 0 Å². The maximum atomic E-state index is 12.2. The van der Waals surface area contributed by atoms with E-state index < -0.39 is 0 Å². The first kappa shape index (κ1) is 14.6. The van der Waals surface area contributed by atoms with E-state index in [0.29, 0.717) is 28.0 Å². The van der Waals surface area contributed by atoms with Crippen LogP contribution in [0.1, 0.15) is 5.89 Å². The number of aromatic nitrogens is 4. The molecule has 0 saturated carbocycles. The van der Waals surface area contributed by atoms with E-state index in [9.17, 15) is 4.79 Å². The number of hydrogen-bond donors (Lipinski definition) is 0. The SMILES string of the molecule is Cn1c(SCc2nc(-c3ccsc3)no2)nc2sccc2c1=O. The number of thiophene rings is 2. The molecular weight excluding hydrogens is 352 g/mol. The van der Waals surface area contributed by atoms with Crippen molar-refractivity contribution in [2.24, 2.45) is 7.05 Å². The minimum absolute atomic E-state index is 0.0387. The van der Waals surface area contributed by atoms with Crippen LogP contribution in [0.5, 0.6) is 0 Å². The molecule has 0 N–H and O–H groups in total. The number of fused-ring (bicyclic) bond motifs is 1. The zero-order valence-electron chi connectivity index (χ0n) is 11.9. The van der Waals surface area contributed by atoms with Gasteiger partial charge in [0, 0.05) is 18.0 Å². The molecule has 4 heterocycles. The van der Waals surface area contributed by atoms with Gasteiger partial charge in [-0.3, -0.25) is 9.36 Å². The highest BCUT2D eigenvalue weighted by atomic mass is 32.2. The highest BCUT2D eigenvalue weighted by molar-refractivity contribution is 7.98. The van der Waals surface area contributed by atoms with Crippen molar-refractivity contribution in [1.82, 2.24) is 19.7 Å². The minimum atomic E-state index is -0.0387. The van der Waals surface area contributed by atoms with Crippen LogP contribution in [-0.4, -0.2) is 19.7 Å². The van der Waals surface area contributed by atoms with Crippen molar-refractivity contribution in [3.05, 3.63) is 44.5 Å². The van der Waals surface area contributed by atoms with E-state index in [2.05, 4.69) is 15.1 Å². The Kier molecular flexibility index (Phi) is 3.76. The first-order valence-corrected chi connectivity index (χ1v) is 9.45. The molecule has 0 bridgehead atoms. The molecule has 0 radical (unpaired) electrons. The third kappa shape index (κ3) is 2.71. The van der Waals surface area contributed by atoms with E-state index in [4.69, 9.17) is 4.52 Å². The van der Waals surface area contributed by atoms with E-state index >= 15 is 0 Å². The molecule has 23 heavy (non-hydrogen) atoms. The van der Waals surface area contributed by atoms with Crippen LogP contribution in [0.3, 0.4) is 0 Å². The van der Waals surface area contributed by atoms with Crippen molar-refractivity contribution in [1.29, 1.82) is 0 Å². The van der Waals surface area contributed by atoms with Crippen LogP contribution in [0.4, 0.5) is 0 Å². The molecule has 9 heteroatoms. The summed E-state index contributed by atoms with van der Waals surface area (Å²) in [6, 6.07) is 3.75. The lowest BCUT2D eigenvalue weighted by Gasteiger charge is -2.05.